The van der Waals surface area contributed by atoms with Gasteiger partial charge in [0.15, 0.2) is 0 Å². The van der Waals surface area contributed by atoms with Crippen molar-refractivity contribution >= 4 is 5.57 Å². The first-order valence-corrected chi connectivity index (χ1v) is 14.2. The molecule has 0 aromatic heterocycles. The van der Waals surface area contributed by atoms with E-state index in [1.807, 2.05) is 0 Å². The molecule has 1 fully saturated rings. The van der Waals surface area contributed by atoms with Gasteiger partial charge in [-0.05, 0) is 95.3 Å². The van der Waals surface area contributed by atoms with E-state index in [0.717, 1.165) is 30.6 Å². The van der Waals surface area contributed by atoms with Gasteiger partial charge in [-0.2, -0.15) is 0 Å². The van der Waals surface area contributed by atoms with Gasteiger partial charge in [0, 0.05) is 5.92 Å². The van der Waals surface area contributed by atoms with Crippen molar-refractivity contribution in [1.82, 2.24) is 0 Å². The number of fused-ring (bicyclic) bond motifs is 1. The molecule has 2 aromatic carbocycles. The van der Waals surface area contributed by atoms with Crippen molar-refractivity contribution in [3.63, 3.8) is 0 Å². The van der Waals surface area contributed by atoms with E-state index in [1.165, 1.54) is 71.9 Å². The molecular weight excluding hydrogens is 420 g/mol. The van der Waals surface area contributed by atoms with Crippen molar-refractivity contribution in [3.05, 3.63) is 112 Å². The van der Waals surface area contributed by atoms with Crippen molar-refractivity contribution < 1.29 is 0 Å². The second-order valence-corrected chi connectivity index (χ2v) is 11.0. The molecule has 0 saturated heterocycles. The molecule has 0 N–H and O–H groups in total. The summed E-state index contributed by atoms with van der Waals surface area (Å²) in [6, 6.07) is 18.8. The Kier molecular flexibility index (Phi) is 7.57. The summed E-state index contributed by atoms with van der Waals surface area (Å²) in [5.74, 6) is 3.06. The fourth-order valence-corrected chi connectivity index (χ4v) is 6.82. The first kappa shape index (κ1) is 24.1. The minimum Gasteiger partial charge on any atom is -0.0726 e. The lowest BCUT2D eigenvalue weighted by Crippen LogP contribution is -2.20. The molecule has 182 valence electrons. The maximum absolute atomic E-state index is 2.43. The SMILES string of the molecule is CCc1ccc(C2=CC=C(Cc3ccc(C4CCC(C(CC)CC)CC4)cc3)C3=CC=CC32)cc1. The number of benzene rings is 2. The smallest absolute Gasteiger partial charge is 0.0281 e. The molecule has 5 rings (SSSR count). The normalized spacial score (nSPS) is 23.7. The second kappa shape index (κ2) is 11.0. The van der Waals surface area contributed by atoms with Crippen molar-refractivity contribution in [2.45, 2.75) is 78.1 Å². The second-order valence-electron chi connectivity index (χ2n) is 11.0. The summed E-state index contributed by atoms with van der Waals surface area (Å²) in [6.45, 7) is 6.97. The highest BCUT2D eigenvalue weighted by atomic mass is 14.3. The van der Waals surface area contributed by atoms with Crippen LogP contribution in [0, 0.1) is 17.8 Å². The van der Waals surface area contributed by atoms with Crippen molar-refractivity contribution in [2.24, 2.45) is 17.8 Å². The number of allylic oxidation sites excluding steroid dienone is 8. The number of aryl methyl sites for hydroxylation is 1. The van der Waals surface area contributed by atoms with Gasteiger partial charge >= 0.3 is 0 Å². The molecule has 3 aliphatic rings. The van der Waals surface area contributed by atoms with E-state index in [9.17, 15) is 0 Å². The minimum absolute atomic E-state index is 0.395. The van der Waals surface area contributed by atoms with Crippen LogP contribution in [0.1, 0.15) is 87.5 Å². The summed E-state index contributed by atoms with van der Waals surface area (Å²) in [6.07, 6.45) is 22.1. The maximum atomic E-state index is 2.43. The highest BCUT2D eigenvalue weighted by Gasteiger charge is 2.27. The first-order valence-electron chi connectivity index (χ1n) is 14.2. The van der Waals surface area contributed by atoms with Crippen LogP contribution in [-0.4, -0.2) is 0 Å². The number of rotatable bonds is 8. The van der Waals surface area contributed by atoms with Gasteiger partial charge in [0.25, 0.3) is 0 Å². The van der Waals surface area contributed by atoms with Gasteiger partial charge in [-0.15, -0.1) is 0 Å². The van der Waals surface area contributed by atoms with Gasteiger partial charge in [-0.1, -0.05) is 113 Å². The van der Waals surface area contributed by atoms with Crippen LogP contribution in [0.5, 0.6) is 0 Å². The minimum atomic E-state index is 0.395. The Morgan fingerprint density at radius 2 is 1.40 bits per heavy atom. The third-order valence-electron chi connectivity index (χ3n) is 9.11. The average molecular weight is 463 g/mol. The van der Waals surface area contributed by atoms with E-state index in [4.69, 9.17) is 0 Å². The van der Waals surface area contributed by atoms with Crippen LogP contribution in [0.15, 0.2) is 90.1 Å². The standard InChI is InChI=1S/C35H42/c1-4-25-10-16-31(17-11-25)34-23-22-32(33-8-7-9-35(33)34)24-26-12-14-29(15-13-26)30-20-18-28(19-21-30)27(5-2)6-3/h7-17,22-23,27-28,30,35H,4-6,18-21,24H2,1-3H3. The van der Waals surface area contributed by atoms with Gasteiger partial charge in [-0.25, -0.2) is 0 Å². The molecule has 35 heavy (non-hydrogen) atoms. The van der Waals surface area contributed by atoms with Crippen LogP contribution < -0.4 is 0 Å². The van der Waals surface area contributed by atoms with E-state index in [2.05, 4.69) is 99.7 Å². The third kappa shape index (κ3) is 5.18. The predicted molar refractivity (Wildman–Crippen MR) is 152 cm³/mol. The molecule has 0 nitrogen and oxygen atoms in total. The van der Waals surface area contributed by atoms with Crippen LogP contribution in [0.4, 0.5) is 0 Å². The van der Waals surface area contributed by atoms with E-state index >= 15 is 0 Å². The quantitative estimate of drug-likeness (QED) is 0.366. The first-order chi connectivity index (χ1) is 17.2. The number of hydrogen-bond acceptors (Lipinski definition) is 0. The van der Waals surface area contributed by atoms with Crippen molar-refractivity contribution in [1.29, 1.82) is 0 Å². The molecule has 2 aromatic rings. The molecule has 0 aliphatic heterocycles. The summed E-state index contributed by atoms with van der Waals surface area (Å²) in [7, 11) is 0. The van der Waals surface area contributed by atoms with Crippen LogP contribution in [0.2, 0.25) is 0 Å². The molecule has 0 bridgehead atoms. The monoisotopic (exact) mass is 462 g/mol. The van der Waals surface area contributed by atoms with Gasteiger partial charge in [0.1, 0.15) is 0 Å². The predicted octanol–water partition coefficient (Wildman–Crippen LogP) is 9.64. The summed E-state index contributed by atoms with van der Waals surface area (Å²) >= 11 is 0. The van der Waals surface area contributed by atoms with Gasteiger partial charge in [0.05, 0.1) is 0 Å². The molecule has 1 saturated carbocycles. The Labute approximate surface area is 213 Å². The zero-order chi connectivity index (χ0) is 24.2. The van der Waals surface area contributed by atoms with Gasteiger partial charge < -0.3 is 0 Å². The summed E-state index contributed by atoms with van der Waals surface area (Å²) in [5.41, 5.74) is 10.1. The molecule has 1 atom stereocenters. The van der Waals surface area contributed by atoms with Crippen LogP contribution in [-0.2, 0) is 12.8 Å². The highest BCUT2D eigenvalue weighted by Crippen LogP contribution is 2.42. The van der Waals surface area contributed by atoms with Crippen molar-refractivity contribution in [2.75, 3.05) is 0 Å². The molecule has 3 aliphatic carbocycles. The molecule has 1 unspecified atom stereocenters. The largest absolute Gasteiger partial charge is 0.0726 e. The Morgan fingerprint density at radius 1 is 0.714 bits per heavy atom. The summed E-state index contributed by atoms with van der Waals surface area (Å²) < 4.78 is 0. The highest BCUT2D eigenvalue weighted by molar-refractivity contribution is 5.78. The number of hydrogen-bond donors (Lipinski definition) is 0. The lowest BCUT2D eigenvalue weighted by molar-refractivity contribution is 0.221. The van der Waals surface area contributed by atoms with Gasteiger partial charge in [-0.3, -0.25) is 0 Å². The molecular formula is C35H42. The van der Waals surface area contributed by atoms with Crippen LogP contribution in [0.3, 0.4) is 0 Å². The van der Waals surface area contributed by atoms with Crippen molar-refractivity contribution in [3.8, 4) is 0 Å². The lowest BCUT2D eigenvalue weighted by atomic mass is 9.72. The Morgan fingerprint density at radius 3 is 2.06 bits per heavy atom. The molecule has 0 heterocycles. The molecule has 0 radical (unpaired) electrons. The summed E-state index contributed by atoms with van der Waals surface area (Å²) in [5, 5.41) is 0. The fraction of sp³-hybridized carbons (Fsp3) is 0.429. The topological polar surface area (TPSA) is 0 Å². The van der Waals surface area contributed by atoms with E-state index < -0.39 is 0 Å². The van der Waals surface area contributed by atoms with E-state index in [1.54, 1.807) is 5.56 Å². The maximum Gasteiger partial charge on any atom is 0.0281 e. The Hall–Kier alpha value is -2.60. The van der Waals surface area contributed by atoms with Crippen LogP contribution in [0.25, 0.3) is 5.57 Å². The van der Waals surface area contributed by atoms with E-state index in [-0.39, 0.29) is 0 Å². The summed E-state index contributed by atoms with van der Waals surface area (Å²) in [4.78, 5) is 0. The van der Waals surface area contributed by atoms with Crippen LogP contribution >= 0.6 is 0 Å². The third-order valence-corrected chi connectivity index (χ3v) is 9.11. The Bertz CT molecular complexity index is 1110. The van der Waals surface area contributed by atoms with E-state index in [0.29, 0.717) is 5.92 Å². The fourth-order valence-electron chi connectivity index (χ4n) is 6.82. The average Bonchev–Trinajstić information content (AvgIpc) is 3.41. The lowest BCUT2D eigenvalue weighted by Gasteiger charge is -2.33. The molecule has 0 spiro atoms. The van der Waals surface area contributed by atoms with Gasteiger partial charge in [0.2, 0.25) is 0 Å². The zero-order valence-corrected chi connectivity index (χ0v) is 22.0. The molecule has 0 amide bonds. The Balaban J connectivity index is 1.26. The zero-order valence-electron chi connectivity index (χ0n) is 22.0. The molecule has 0 heteroatoms.